The lowest BCUT2D eigenvalue weighted by Crippen LogP contribution is -2.35. The van der Waals surface area contributed by atoms with Gasteiger partial charge in [0.1, 0.15) is 0 Å². The Balaban J connectivity index is 2.01. The molecule has 0 radical (unpaired) electrons. The predicted molar refractivity (Wildman–Crippen MR) is 68.3 cm³/mol. The Morgan fingerprint density at radius 2 is 2.06 bits per heavy atom. The van der Waals surface area contributed by atoms with Gasteiger partial charge in [-0.1, -0.05) is 29.3 Å². The number of rotatable bonds is 2. The van der Waals surface area contributed by atoms with Gasteiger partial charge in [-0.15, -0.1) is 0 Å². The van der Waals surface area contributed by atoms with E-state index in [0.29, 0.717) is 21.5 Å². The van der Waals surface area contributed by atoms with Gasteiger partial charge in [-0.25, -0.2) is 0 Å². The van der Waals surface area contributed by atoms with Crippen molar-refractivity contribution in [3.05, 3.63) is 33.8 Å². The summed E-state index contributed by atoms with van der Waals surface area (Å²) < 4.78 is 0. The van der Waals surface area contributed by atoms with E-state index < -0.39 is 0 Å². The number of benzene rings is 1. The number of likely N-dealkylation sites (N-methyl/N-ethyl adjacent to an activating group) is 1. The summed E-state index contributed by atoms with van der Waals surface area (Å²) >= 11 is 12.1. The molecule has 2 aliphatic rings. The van der Waals surface area contributed by atoms with E-state index in [1.807, 2.05) is 6.07 Å². The predicted octanol–water partition coefficient (Wildman–Crippen LogP) is 3.63. The zero-order chi connectivity index (χ0) is 11.3. The van der Waals surface area contributed by atoms with Gasteiger partial charge in [-0.05, 0) is 49.9 Å². The van der Waals surface area contributed by atoms with Crippen LogP contribution in [-0.4, -0.2) is 13.1 Å². The van der Waals surface area contributed by atoms with Gasteiger partial charge in [0.05, 0.1) is 10.0 Å². The molecule has 3 unspecified atom stereocenters. The Morgan fingerprint density at radius 1 is 1.25 bits per heavy atom. The average Bonchev–Trinajstić information content (AvgIpc) is 2.91. The zero-order valence-electron chi connectivity index (χ0n) is 9.26. The van der Waals surface area contributed by atoms with Gasteiger partial charge in [-0.3, -0.25) is 0 Å². The molecular formula is C13H15Cl2N. The molecular weight excluding hydrogens is 241 g/mol. The van der Waals surface area contributed by atoms with Crippen molar-refractivity contribution >= 4 is 23.2 Å². The van der Waals surface area contributed by atoms with E-state index in [0.717, 1.165) is 5.92 Å². The second kappa shape index (κ2) is 3.63. The molecule has 0 aromatic heterocycles. The van der Waals surface area contributed by atoms with E-state index in [1.165, 1.54) is 24.8 Å². The highest BCUT2D eigenvalue weighted by atomic mass is 35.5. The van der Waals surface area contributed by atoms with Crippen LogP contribution in [0.3, 0.4) is 0 Å². The Kier molecular flexibility index (Phi) is 2.47. The molecule has 0 spiro atoms. The van der Waals surface area contributed by atoms with Crippen molar-refractivity contribution in [2.75, 3.05) is 7.05 Å². The molecule has 2 aliphatic carbocycles. The average molecular weight is 256 g/mol. The number of halogens is 2. The summed E-state index contributed by atoms with van der Waals surface area (Å²) in [4.78, 5) is 0. The van der Waals surface area contributed by atoms with Gasteiger partial charge < -0.3 is 5.32 Å². The highest BCUT2D eigenvalue weighted by Gasteiger charge is 2.63. The molecule has 1 N–H and O–H groups in total. The second-order valence-corrected chi connectivity index (χ2v) is 5.80. The molecule has 3 atom stereocenters. The lowest BCUT2D eigenvalue weighted by Gasteiger charge is -2.23. The maximum atomic E-state index is 6.11. The van der Waals surface area contributed by atoms with Crippen LogP contribution in [0.2, 0.25) is 10.0 Å². The number of hydrogen-bond acceptors (Lipinski definition) is 1. The van der Waals surface area contributed by atoms with Crippen LogP contribution in [-0.2, 0) is 5.41 Å². The Bertz CT molecular complexity index is 432. The van der Waals surface area contributed by atoms with E-state index in [9.17, 15) is 0 Å². The Morgan fingerprint density at radius 3 is 2.69 bits per heavy atom. The van der Waals surface area contributed by atoms with Crippen molar-refractivity contribution < 1.29 is 0 Å². The van der Waals surface area contributed by atoms with Crippen molar-refractivity contribution in [2.24, 2.45) is 5.92 Å². The minimum Gasteiger partial charge on any atom is -0.316 e. The molecule has 2 fully saturated rings. The van der Waals surface area contributed by atoms with Gasteiger partial charge in [-0.2, -0.15) is 0 Å². The van der Waals surface area contributed by atoms with Gasteiger partial charge in [0.2, 0.25) is 0 Å². The minimum atomic E-state index is 0.350. The summed E-state index contributed by atoms with van der Waals surface area (Å²) in [6, 6.07) is 6.73. The molecule has 1 aromatic carbocycles. The lowest BCUT2D eigenvalue weighted by atomic mass is 9.89. The molecule has 0 amide bonds. The number of hydrogen-bond donors (Lipinski definition) is 1. The smallest absolute Gasteiger partial charge is 0.0595 e. The van der Waals surface area contributed by atoms with Crippen LogP contribution in [0.25, 0.3) is 0 Å². The van der Waals surface area contributed by atoms with Gasteiger partial charge in [0, 0.05) is 11.5 Å². The first-order chi connectivity index (χ1) is 7.68. The first-order valence-electron chi connectivity index (χ1n) is 5.81. The van der Waals surface area contributed by atoms with E-state index in [-0.39, 0.29) is 0 Å². The Hall–Kier alpha value is -0.240. The quantitative estimate of drug-likeness (QED) is 0.851. The fourth-order valence-corrected chi connectivity index (χ4v) is 3.80. The highest BCUT2D eigenvalue weighted by molar-refractivity contribution is 6.42. The van der Waals surface area contributed by atoms with Crippen molar-refractivity contribution in [3.63, 3.8) is 0 Å². The van der Waals surface area contributed by atoms with Crippen LogP contribution in [0.15, 0.2) is 18.2 Å². The molecule has 86 valence electrons. The van der Waals surface area contributed by atoms with Crippen molar-refractivity contribution in [3.8, 4) is 0 Å². The third kappa shape index (κ3) is 1.35. The van der Waals surface area contributed by atoms with Crippen LogP contribution < -0.4 is 5.32 Å². The molecule has 16 heavy (non-hydrogen) atoms. The van der Waals surface area contributed by atoms with Gasteiger partial charge in [0.15, 0.2) is 0 Å². The molecule has 0 heterocycles. The maximum Gasteiger partial charge on any atom is 0.0595 e. The molecule has 0 aliphatic heterocycles. The fraction of sp³-hybridized carbons (Fsp3) is 0.538. The summed E-state index contributed by atoms with van der Waals surface area (Å²) in [5.74, 6) is 0.849. The number of nitrogens with one attached hydrogen (secondary N) is 1. The lowest BCUT2D eigenvalue weighted by molar-refractivity contribution is 0.467. The number of fused-ring (bicyclic) bond motifs is 1. The van der Waals surface area contributed by atoms with E-state index >= 15 is 0 Å². The van der Waals surface area contributed by atoms with Gasteiger partial charge >= 0.3 is 0 Å². The van der Waals surface area contributed by atoms with Crippen molar-refractivity contribution in [1.82, 2.24) is 5.32 Å². The highest BCUT2D eigenvalue weighted by Crippen LogP contribution is 2.64. The maximum absolute atomic E-state index is 6.11. The van der Waals surface area contributed by atoms with Crippen LogP contribution in [0, 0.1) is 5.92 Å². The molecule has 3 heteroatoms. The topological polar surface area (TPSA) is 12.0 Å². The summed E-state index contributed by atoms with van der Waals surface area (Å²) in [7, 11) is 2.06. The first-order valence-corrected chi connectivity index (χ1v) is 6.57. The molecule has 2 saturated carbocycles. The van der Waals surface area contributed by atoms with Crippen molar-refractivity contribution in [2.45, 2.75) is 30.7 Å². The third-order valence-corrected chi connectivity index (χ3v) is 5.12. The summed E-state index contributed by atoms with van der Waals surface area (Å²) in [6.45, 7) is 0. The van der Waals surface area contributed by atoms with Crippen LogP contribution in [0.1, 0.15) is 24.8 Å². The van der Waals surface area contributed by atoms with Crippen molar-refractivity contribution in [1.29, 1.82) is 0 Å². The molecule has 3 rings (SSSR count). The monoisotopic (exact) mass is 255 g/mol. The van der Waals surface area contributed by atoms with Gasteiger partial charge in [0.25, 0.3) is 0 Å². The molecule has 1 nitrogen and oxygen atoms in total. The summed E-state index contributed by atoms with van der Waals surface area (Å²) in [5.41, 5.74) is 1.71. The van der Waals surface area contributed by atoms with Crippen LogP contribution in [0.5, 0.6) is 0 Å². The van der Waals surface area contributed by atoms with Crippen LogP contribution >= 0.6 is 23.2 Å². The first kappa shape index (κ1) is 10.9. The fourth-order valence-electron chi connectivity index (χ4n) is 3.50. The van der Waals surface area contributed by atoms with E-state index in [4.69, 9.17) is 23.2 Å². The van der Waals surface area contributed by atoms with E-state index in [1.54, 1.807) is 0 Å². The third-order valence-electron chi connectivity index (χ3n) is 4.38. The summed E-state index contributed by atoms with van der Waals surface area (Å²) in [5, 5.41) is 4.79. The standard InChI is InChI=1S/C13H15Cl2N/c1-16-12-5-3-9-7-13(9,12)8-2-4-10(14)11(15)6-8/h2,4,6,9,12,16H,3,5,7H2,1H3. The summed E-state index contributed by atoms with van der Waals surface area (Å²) in [6.07, 6.45) is 3.92. The minimum absolute atomic E-state index is 0.350. The molecule has 1 aromatic rings. The molecule has 0 saturated heterocycles. The second-order valence-electron chi connectivity index (χ2n) is 4.99. The molecule has 0 bridgehead atoms. The zero-order valence-corrected chi connectivity index (χ0v) is 10.8. The van der Waals surface area contributed by atoms with E-state index in [2.05, 4.69) is 24.5 Å². The Labute approximate surface area is 106 Å². The normalized spacial score (nSPS) is 36.2. The van der Waals surface area contributed by atoms with Crippen LogP contribution in [0.4, 0.5) is 0 Å². The SMILES string of the molecule is CNC1CCC2CC21c1ccc(Cl)c(Cl)c1. The largest absolute Gasteiger partial charge is 0.316 e.